The van der Waals surface area contributed by atoms with E-state index in [1.807, 2.05) is 0 Å². The summed E-state index contributed by atoms with van der Waals surface area (Å²) in [7, 11) is 2.26. The van der Waals surface area contributed by atoms with E-state index in [1.54, 1.807) is 0 Å². The van der Waals surface area contributed by atoms with Crippen LogP contribution in [0.3, 0.4) is 0 Å². The van der Waals surface area contributed by atoms with Crippen molar-refractivity contribution in [3.63, 3.8) is 0 Å². The second kappa shape index (κ2) is 6.95. The Morgan fingerprint density at radius 3 is 2.42 bits per heavy atom. The van der Waals surface area contributed by atoms with Crippen LogP contribution in [0.5, 0.6) is 0 Å². The van der Waals surface area contributed by atoms with Gasteiger partial charge in [-0.2, -0.15) is 0 Å². The van der Waals surface area contributed by atoms with Crippen LogP contribution < -0.4 is 10.6 Å². The van der Waals surface area contributed by atoms with Crippen molar-refractivity contribution < 1.29 is 0 Å². The number of anilines is 1. The smallest absolute Gasteiger partial charge is 0.0399 e. The van der Waals surface area contributed by atoms with Gasteiger partial charge in [0.15, 0.2) is 0 Å². The summed E-state index contributed by atoms with van der Waals surface area (Å²) in [4.78, 5) is 2.50. The van der Waals surface area contributed by atoms with E-state index in [0.717, 1.165) is 6.42 Å². The molecule has 2 N–H and O–H groups in total. The molecule has 0 amide bonds. The third-order valence-electron chi connectivity index (χ3n) is 4.29. The van der Waals surface area contributed by atoms with E-state index in [4.69, 9.17) is 5.73 Å². The first-order valence-electron chi connectivity index (χ1n) is 7.75. The molecule has 1 aliphatic rings. The summed E-state index contributed by atoms with van der Waals surface area (Å²) in [6.07, 6.45) is 9.21. The van der Waals surface area contributed by atoms with Gasteiger partial charge < -0.3 is 10.6 Å². The van der Waals surface area contributed by atoms with Crippen molar-refractivity contribution in [1.82, 2.24) is 0 Å². The zero-order valence-corrected chi connectivity index (χ0v) is 12.4. The second-order valence-electron chi connectivity index (χ2n) is 6.07. The van der Waals surface area contributed by atoms with Crippen LogP contribution in [-0.2, 0) is 6.42 Å². The average molecular weight is 260 g/mol. The number of rotatable bonds is 4. The van der Waals surface area contributed by atoms with Crippen molar-refractivity contribution in [2.24, 2.45) is 5.73 Å². The summed E-state index contributed by atoms with van der Waals surface area (Å²) >= 11 is 0. The molecule has 1 aromatic rings. The predicted molar refractivity (Wildman–Crippen MR) is 83.7 cm³/mol. The highest BCUT2D eigenvalue weighted by Gasteiger charge is 2.19. The lowest BCUT2D eigenvalue weighted by atomic mass is 10.0. The molecule has 0 spiro atoms. The summed E-state index contributed by atoms with van der Waals surface area (Å²) in [6, 6.07) is 9.68. The molecular weight excluding hydrogens is 232 g/mol. The van der Waals surface area contributed by atoms with Gasteiger partial charge in [0.1, 0.15) is 0 Å². The fourth-order valence-electron chi connectivity index (χ4n) is 3.22. The molecular formula is C17H28N2. The SMILES string of the molecule is CC(N)Cc1ccccc1N(C)C1CCCCCC1. The summed E-state index contributed by atoms with van der Waals surface area (Å²) < 4.78 is 0. The summed E-state index contributed by atoms with van der Waals surface area (Å²) in [5, 5.41) is 0. The summed E-state index contributed by atoms with van der Waals surface area (Å²) in [6.45, 7) is 2.09. The van der Waals surface area contributed by atoms with Crippen molar-refractivity contribution in [2.45, 2.75) is 64.0 Å². The van der Waals surface area contributed by atoms with Gasteiger partial charge in [0, 0.05) is 24.8 Å². The molecule has 1 aromatic carbocycles. The molecule has 2 heteroatoms. The molecule has 2 nitrogen and oxygen atoms in total. The average Bonchev–Trinajstić information content (AvgIpc) is 2.67. The number of hydrogen-bond acceptors (Lipinski definition) is 2. The first-order chi connectivity index (χ1) is 9.18. The van der Waals surface area contributed by atoms with Crippen molar-refractivity contribution in [2.75, 3.05) is 11.9 Å². The normalized spacial score (nSPS) is 18.9. The van der Waals surface area contributed by atoms with E-state index in [0.29, 0.717) is 6.04 Å². The topological polar surface area (TPSA) is 29.3 Å². The minimum atomic E-state index is 0.226. The molecule has 1 fully saturated rings. The largest absolute Gasteiger partial charge is 0.371 e. The Morgan fingerprint density at radius 1 is 1.16 bits per heavy atom. The maximum atomic E-state index is 5.98. The van der Waals surface area contributed by atoms with Crippen molar-refractivity contribution in [3.05, 3.63) is 29.8 Å². The number of benzene rings is 1. The van der Waals surface area contributed by atoms with E-state index in [9.17, 15) is 0 Å². The van der Waals surface area contributed by atoms with Crippen molar-refractivity contribution >= 4 is 5.69 Å². The third-order valence-corrected chi connectivity index (χ3v) is 4.29. The minimum absolute atomic E-state index is 0.226. The Kier molecular flexibility index (Phi) is 5.26. The molecule has 1 unspecified atom stereocenters. The predicted octanol–water partition coefficient (Wildman–Crippen LogP) is 3.74. The molecule has 0 saturated heterocycles. The van der Waals surface area contributed by atoms with Crippen molar-refractivity contribution in [3.8, 4) is 0 Å². The van der Waals surface area contributed by atoms with Gasteiger partial charge in [-0.25, -0.2) is 0 Å². The van der Waals surface area contributed by atoms with Gasteiger partial charge in [0.2, 0.25) is 0 Å². The molecule has 0 radical (unpaired) electrons. The van der Waals surface area contributed by atoms with Gasteiger partial charge in [0.25, 0.3) is 0 Å². The van der Waals surface area contributed by atoms with E-state index in [-0.39, 0.29) is 6.04 Å². The minimum Gasteiger partial charge on any atom is -0.371 e. The monoisotopic (exact) mass is 260 g/mol. The maximum Gasteiger partial charge on any atom is 0.0399 e. The van der Waals surface area contributed by atoms with E-state index < -0.39 is 0 Å². The summed E-state index contributed by atoms with van der Waals surface area (Å²) in [5.41, 5.74) is 8.75. The molecule has 106 valence electrons. The quantitative estimate of drug-likeness (QED) is 0.836. The number of nitrogens with zero attached hydrogens (tertiary/aromatic N) is 1. The van der Waals surface area contributed by atoms with Crippen LogP contribution in [0.4, 0.5) is 5.69 Å². The molecule has 1 saturated carbocycles. The molecule has 1 aliphatic carbocycles. The molecule has 2 rings (SSSR count). The Balaban J connectivity index is 2.14. The molecule has 0 aromatic heterocycles. The highest BCUT2D eigenvalue weighted by Crippen LogP contribution is 2.28. The molecule has 0 aliphatic heterocycles. The molecule has 19 heavy (non-hydrogen) atoms. The number of hydrogen-bond donors (Lipinski definition) is 1. The van der Waals surface area contributed by atoms with Crippen LogP contribution in [0.15, 0.2) is 24.3 Å². The Labute approximate surface area is 118 Å². The van der Waals surface area contributed by atoms with Crippen LogP contribution in [-0.4, -0.2) is 19.1 Å². The van der Waals surface area contributed by atoms with Gasteiger partial charge in [0.05, 0.1) is 0 Å². The van der Waals surface area contributed by atoms with E-state index >= 15 is 0 Å². The number of para-hydroxylation sites is 1. The van der Waals surface area contributed by atoms with Crippen LogP contribution >= 0.6 is 0 Å². The Hall–Kier alpha value is -1.02. The van der Waals surface area contributed by atoms with Crippen LogP contribution in [0.2, 0.25) is 0 Å². The lowest BCUT2D eigenvalue weighted by molar-refractivity contribution is 0.551. The van der Waals surface area contributed by atoms with Gasteiger partial charge >= 0.3 is 0 Å². The fourth-order valence-corrected chi connectivity index (χ4v) is 3.22. The maximum absolute atomic E-state index is 5.98. The van der Waals surface area contributed by atoms with Gasteiger partial charge in [-0.05, 0) is 37.8 Å². The van der Waals surface area contributed by atoms with Crippen LogP contribution in [0.1, 0.15) is 51.0 Å². The fraction of sp³-hybridized carbons (Fsp3) is 0.647. The van der Waals surface area contributed by atoms with Gasteiger partial charge in [-0.1, -0.05) is 43.9 Å². The molecule has 1 atom stereocenters. The summed E-state index contributed by atoms with van der Waals surface area (Å²) in [5.74, 6) is 0. The second-order valence-corrected chi connectivity index (χ2v) is 6.07. The van der Waals surface area contributed by atoms with Crippen LogP contribution in [0.25, 0.3) is 0 Å². The lowest BCUT2D eigenvalue weighted by Crippen LogP contribution is -2.32. The molecule has 0 heterocycles. The highest BCUT2D eigenvalue weighted by atomic mass is 15.1. The first kappa shape index (κ1) is 14.4. The molecule has 0 bridgehead atoms. The van der Waals surface area contributed by atoms with E-state index in [2.05, 4.69) is 43.1 Å². The highest BCUT2D eigenvalue weighted by molar-refractivity contribution is 5.54. The Morgan fingerprint density at radius 2 is 1.79 bits per heavy atom. The number of nitrogens with two attached hydrogens (primary N) is 1. The van der Waals surface area contributed by atoms with Gasteiger partial charge in [-0.3, -0.25) is 0 Å². The standard InChI is InChI=1S/C17H28N2/c1-14(18)13-15-9-7-8-12-17(15)19(2)16-10-5-3-4-6-11-16/h7-9,12,14,16H,3-6,10-11,13,18H2,1-2H3. The zero-order valence-electron chi connectivity index (χ0n) is 12.4. The lowest BCUT2D eigenvalue weighted by Gasteiger charge is -2.31. The van der Waals surface area contributed by atoms with Crippen LogP contribution in [0, 0.1) is 0 Å². The zero-order chi connectivity index (χ0) is 13.7. The third kappa shape index (κ3) is 3.97. The Bertz CT molecular complexity index is 379. The van der Waals surface area contributed by atoms with E-state index in [1.165, 1.54) is 49.8 Å². The van der Waals surface area contributed by atoms with Gasteiger partial charge in [-0.15, -0.1) is 0 Å². The first-order valence-corrected chi connectivity index (χ1v) is 7.75. The van der Waals surface area contributed by atoms with Crippen molar-refractivity contribution in [1.29, 1.82) is 0 Å².